The first-order valence-corrected chi connectivity index (χ1v) is 3.47. The Morgan fingerprint density at radius 1 is 1.69 bits per heavy atom. The van der Waals surface area contributed by atoms with E-state index in [4.69, 9.17) is 5.11 Å². The topological polar surface area (TPSA) is 97.1 Å². The van der Waals surface area contributed by atoms with Gasteiger partial charge >= 0.3 is 5.97 Å². The van der Waals surface area contributed by atoms with Crippen molar-refractivity contribution >= 4 is 17.8 Å². The lowest BCUT2D eigenvalue weighted by Gasteiger charge is -2.01. The third-order valence-electron chi connectivity index (χ3n) is 1.21. The zero-order valence-corrected chi connectivity index (χ0v) is 6.89. The van der Waals surface area contributed by atoms with Crippen LogP contribution in [0.25, 0.3) is 0 Å². The second kappa shape index (κ2) is 3.65. The van der Waals surface area contributed by atoms with Gasteiger partial charge in [0.05, 0.1) is 0 Å². The Kier molecular flexibility index (Phi) is 2.58. The third kappa shape index (κ3) is 2.55. The SMILES string of the molecule is CC(=O)Nc1nncn1CC(=O)O. The Morgan fingerprint density at radius 2 is 2.38 bits per heavy atom. The minimum atomic E-state index is -1.02. The third-order valence-corrected chi connectivity index (χ3v) is 1.21. The quantitative estimate of drug-likeness (QED) is 0.648. The summed E-state index contributed by atoms with van der Waals surface area (Å²) < 4.78 is 1.23. The summed E-state index contributed by atoms with van der Waals surface area (Å²) in [6.07, 6.45) is 1.24. The van der Waals surface area contributed by atoms with E-state index in [0.29, 0.717) is 0 Å². The first-order valence-electron chi connectivity index (χ1n) is 3.47. The predicted octanol–water partition coefficient (Wildman–Crippen LogP) is -0.679. The number of aliphatic carboxylic acids is 1. The highest BCUT2D eigenvalue weighted by Crippen LogP contribution is 2.00. The van der Waals surface area contributed by atoms with Crippen molar-refractivity contribution in [1.82, 2.24) is 14.8 Å². The van der Waals surface area contributed by atoms with Crippen LogP contribution < -0.4 is 5.32 Å². The smallest absolute Gasteiger partial charge is 0.323 e. The maximum Gasteiger partial charge on any atom is 0.323 e. The second-order valence-electron chi connectivity index (χ2n) is 2.36. The van der Waals surface area contributed by atoms with Crippen LogP contribution in [0.2, 0.25) is 0 Å². The van der Waals surface area contributed by atoms with E-state index in [0.717, 1.165) is 0 Å². The van der Waals surface area contributed by atoms with Gasteiger partial charge < -0.3 is 5.11 Å². The maximum atomic E-state index is 10.6. The summed E-state index contributed by atoms with van der Waals surface area (Å²) in [6, 6.07) is 0. The minimum Gasteiger partial charge on any atom is -0.480 e. The van der Waals surface area contributed by atoms with Gasteiger partial charge in [0.1, 0.15) is 12.9 Å². The number of amides is 1. The standard InChI is InChI=1S/C6H8N4O3/c1-4(11)8-6-9-7-3-10(6)2-5(12)13/h3H,2H2,1H3,(H,12,13)(H,8,9,11). The van der Waals surface area contributed by atoms with Crippen molar-refractivity contribution in [1.29, 1.82) is 0 Å². The van der Waals surface area contributed by atoms with Crippen LogP contribution in [0.15, 0.2) is 6.33 Å². The Morgan fingerprint density at radius 3 is 2.92 bits per heavy atom. The van der Waals surface area contributed by atoms with Gasteiger partial charge in [-0.3, -0.25) is 19.5 Å². The molecule has 0 aliphatic carbocycles. The van der Waals surface area contributed by atoms with Crippen LogP contribution in [0.3, 0.4) is 0 Å². The van der Waals surface area contributed by atoms with Crippen molar-refractivity contribution in [2.24, 2.45) is 0 Å². The van der Waals surface area contributed by atoms with Crippen LogP contribution in [0.4, 0.5) is 5.95 Å². The molecule has 7 heteroatoms. The zero-order chi connectivity index (χ0) is 9.84. The molecule has 1 aromatic heterocycles. The molecule has 0 bridgehead atoms. The molecule has 1 rings (SSSR count). The molecule has 13 heavy (non-hydrogen) atoms. The highest BCUT2D eigenvalue weighted by atomic mass is 16.4. The van der Waals surface area contributed by atoms with Crippen LogP contribution in [0.1, 0.15) is 6.92 Å². The van der Waals surface area contributed by atoms with Crippen LogP contribution in [0, 0.1) is 0 Å². The van der Waals surface area contributed by atoms with Gasteiger partial charge in [-0.05, 0) is 0 Å². The number of carboxylic acid groups (broad SMARTS) is 1. The van der Waals surface area contributed by atoms with E-state index < -0.39 is 5.97 Å². The van der Waals surface area contributed by atoms with E-state index in [-0.39, 0.29) is 18.4 Å². The van der Waals surface area contributed by atoms with Crippen molar-refractivity contribution in [3.63, 3.8) is 0 Å². The second-order valence-corrected chi connectivity index (χ2v) is 2.36. The van der Waals surface area contributed by atoms with Gasteiger partial charge in [-0.1, -0.05) is 0 Å². The molecule has 0 aliphatic rings. The molecule has 0 unspecified atom stereocenters. The van der Waals surface area contributed by atoms with E-state index in [9.17, 15) is 9.59 Å². The van der Waals surface area contributed by atoms with Crippen molar-refractivity contribution < 1.29 is 14.7 Å². The van der Waals surface area contributed by atoms with Crippen molar-refractivity contribution in [2.75, 3.05) is 5.32 Å². The Labute approximate surface area is 73.4 Å². The lowest BCUT2D eigenvalue weighted by molar-refractivity contribution is -0.137. The highest BCUT2D eigenvalue weighted by molar-refractivity contribution is 5.86. The average molecular weight is 184 g/mol. The van der Waals surface area contributed by atoms with Gasteiger partial charge in [0.15, 0.2) is 0 Å². The molecule has 0 spiro atoms. The molecule has 7 nitrogen and oxygen atoms in total. The first kappa shape index (κ1) is 9.17. The summed E-state index contributed by atoms with van der Waals surface area (Å²) in [6.45, 7) is 1.03. The van der Waals surface area contributed by atoms with Crippen molar-refractivity contribution in [2.45, 2.75) is 13.5 Å². The number of hydrogen-bond acceptors (Lipinski definition) is 4. The molecule has 0 saturated heterocycles. The number of carbonyl (C=O) groups is 2. The fraction of sp³-hybridized carbons (Fsp3) is 0.333. The molecule has 0 radical (unpaired) electrons. The average Bonchev–Trinajstić information content (AvgIpc) is 2.34. The monoisotopic (exact) mass is 184 g/mol. The predicted molar refractivity (Wildman–Crippen MR) is 42.0 cm³/mol. The van der Waals surface area contributed by atoms with Gasteiger partial charge in [0, 0.05) is 6.92 Å². The van der Waals surface area contributed by atoms with Crippen molar-refractivity contribution in [3.8, 4) is 0 Å². The normalized spacial score (nSPS) is 9.62. The Hall–Kier alpha value is -1.92. The molecule has 0 fully saturated rings. The van der Waals surface area contributed by atoms with Crippen LogP contribution in [-0.4, -0.2) is 31.7 Å². The molecular weight excluding hydrogens is 176 g/mol. The number of aromatic nitrogens is 3. The van der Waals surface area contributed by atoms with Gasteiger partial charge in [-0.25, -0.2) is 0 Å². The summed E-state index contributed by atoms with van der Waals surface area (Å²) in [4.78, 5) is 20.9. The summed E-state index contributed by atoms with van der Waals surface area (Å²) in [5.41, 5.74) is 0. The lowest BCUT2D eigenvalue weighted by Crippen LogP contribution is -2.15. The lowest BCUT2D eigenvalue weighted by atomic mass is 10.6. The molecule has 1 aromatic rings. The number of anilines is 1. The largest absolute Gasteiger partial charge is 0.480 e. The fourth-order valence-corrected chi connectivity index (χ4v) is 0.771. The maximum absolute atomic E-state index is 10.6. The van der Waals surface area contributed by atoms with Crippen LogP contribution in [-0.2, 0) is 16.1 Å². The number of nitrogens with zero attached hydrogens (tertiary/aromatic N) is 3. The molecule has 1 amide bonds. The van der Waals surface area contributed by atoms with Gasteiger partial charge in [0.25, 0.3) is 0 Å². The van der Waals surface area contributed by atoms with E-state index in [1.807, 2.05) is 0 Å². The van der Waals surface area contributed by atoms with Crippen LogP contribution in [0.5, 0.6) is 0 Å². The molecule has 1 heterocycles. The van der Waals surface area contributed by atoms with E-state index in [1.54, 1.807) is 0 Å². The molecule has 70 valence electrons. The summed E-state index contributed by atoms with van der Waals surface area (Å²) in [5.74, 6) is -1.21. The van der Waals surface area contributed by atoms with E-state index in [1.165, 1.54) is 17.8 Å². The van der Waals surface area contributed by atoms with Gasteiger partial charge in [-0.15, -0.1) is 10.2 Å². The highest BCUT2D eigenvalue weighted by Gasteiger charge is 2.07. The van der Waals surface area contributed by atoms with Crippen LogP contribution >= 0.6 is 0 Å². The number of carbonyl (C=O) groups excluding carboxylic acids is 1. The minimum absolute atomic E-state index is 0.134. The fourth-order valence-electron chi connectivity index (χ4n) is 0.771. The summed E-state index contributed by atoms with van der Waals surface area (Å²) >= 11 is 0. The number of rotatable bonds is 3. The number of nitrogens with one attached hydrogen (secondary N) is 1. The number of hydrogen-bond donors (Lipinski definition) is 2. The Balaban J connectivity index is 2.76. The summed E-state index contributed by atoms with van der Waals surface area (Å²) in [5, 5.41) is 17.8. The van der Waals surface area contributed by atoms with Gasteiger partial charge in [-0.2, -0.15) is 0 Å². The molecule has 0 atom stereocenters. The Bertz CT molecular complexity index is 302. The molecule has 0 aromatic carbocycles. The molecular formula is C6H8N4O3. The van der Waals surface area contributed by atoms with E-state index in [2.05, 4.69) is 15.5 Å². The van der Waals surface area contributed by atoms with E-state index >= 15 is 0 Å². The molecule has 2 N–H and O–H groups in total. The van der Waals surface area contributed by atoms with Crippen molar-refractivity contribution in [3.05, 3.63) is 6.33 Å². The zero-order valence-electron chi connectivity index (χ0n) is 6.89. The number of carboxylic acids is 1. The molecule has 0 aliphatic heterocycles. The molecule has 0 saturated carbocycles. The first-order chi connectivity index (χ1) is 6.09. The van der Waals surface area contributed by atoms with Gasteiger partial charge in [0.2, 0.25) is 11.9 Å². The summed E-state index contributed by atoms with van der Waals surface area (Å²) in [7, 11) is 0.